The molecule has 2 aliphatic rings. The van der Waals surface area contributed by atoms with Gasteiger partial charge in [-0.3, -0.25) is 9.59 Å². The molecule has 0 saturated carbocycles. The van der Waals surface area contributed by atoms with E-state index in [1.54, 1.807) is 7.11 Å². The van der Waals surface area contributed by atoms with E-state index in [0.717, 1.165) is 50.7 Å². The van der Waals surface area contributed by atoms with Crippen LogP contribution in [0.5, 0.6) is 11.5 Å². The molecule has 0 spiro atoms. The number of rotatable bonds is 7. The van der Waals surface area contributed by atoms with Crippen LogP contribution in [0.3, 0.4) is 0 Å². The summed E-state index contributed by atoms with van der Waals surface area (Å²) in [6.07, 6.45) is 1.32. The normalized spacial score (nSPS) is 17.3. The fourth-order valence-corrected chi connectivity index (χ4v) is 6.06. The fourth-order valence-electron chi connectivity index (χ4n) is 6.06. The number of ether oxygens (including phenoxy) is 2. The van der Waals surface area contributed by atoms with Crippen molar-refractivity contribution in [3.8, 4) is 11.5 Å². The van der Waals surface area contributed by atoms with Gasteiger partial charge in [0.2, 0.25) is 0 Å². The minimum absolute atomic E-state index is 0.123. The molecule has 4 aromatic rings. The molecule has 1 atom stereocenters. The molecule has 0 aromatic heterocycles. The molecule has 0 radical (unpaired) electrons. The highest BCUT2D eigenvalue weighted by Crippen LogP contribution is 2.52. The zero-order valence-electron chi connectivity index (χ0n) is 23.6. The maximum absolute atomic E-state index is 13.7. The van der Waals surface area contributed by atoms with E-state index in [-0.39, 0.29) is 29.8 Å². The first kappa shape index (κ1) is 26.6. The number of Topliss-reactive ketones (excluding diaryl/α,β-unsaturated/α-hetero) is 1. The second-order valence-electron chi connectivity index (χ2n) is 11.6. The number of anilines is 1. The summed E-state index contributed by atoms with van der Waals surface area (Å²) < 4.78 is 11.5. The quantitative estimate of drug-likeness (QED) is 0.265. The Morgan fingerprint density at radius 2 is 1.73 bits per heavy atom. The lowest BCUT2D eigenvalue weighted by molar-refractivity contribution is -0.123. The number of carbonyl (C=O) groups excluding carboxylic acids is 2. The zero-order valence-corrected chi connectivity index (χ0v) is 23.6. The molecule has 6 nitrogen and oxygen atoms in total. The first-order valence-corrected chi connectivity index (χ1v) is 14.0. The standard InChI is InChI=1S/C35H34N2O4/c1-35(2)18-26-32-25-12-8-7-11-23(25)13-15-27(32)37-34(33(26)28(38)19-35)24-14-16-29(30(17-24)40-3)41-21-31(39)36-20-22-9-5-4-6-10-22/h4-17,34,37H,18-21H2,1-3H3,(H,36,39)/t34-/m0/s1. The lowest BCUT2D eigenvalue weighted by Gasteiger charge is -2.40. The molecule has 0 saturated heterocycles. The van der Waals surface area contributed by atoms with Crippen LogP contribution in [0.25, 0.3) is 16.3 Å². The van der Waals surface area contributed by atoms with Crippen LogP contribution in [-0.2, 0) is 16.1 Å². The van der Waals surface area contributed by atoms with Gasteiger partial charge in [-0.15, -0.1) is 0 Å². The molecule has 1 aliphatic heterocycles. The van der Waals surface area contributed by atoms with E-state index < -0.39 is 0 Å². The van der Waals surface area contributed by atoms with Crippen LogP contribution in [-0.4, -0.2) is 25.4 Å². The van der Waals surface area contributed by atoms with Gasteiger partial charge in [0.15, 0.2) is 23.9 Å². The summed E-state index contributed by atoms with van der Waals surface area (Å²) in [6, 6.07) is 27.7. The summed E-state index contributed by atoms with van der Waals surface area (Å²) in [7, 11) is 1.58. The third-order valence-electron chi connectivity index (χ3n) is 7.95. The van der Waals surface area contributed by atoms with Crippen molar-refractivity contribution in [3.63, 3.8) is 0 Å². The van der Waals surface area contributed by atoms with Gasteiger partial charge < -0.3 is 20.1 Å². The van der Waals surface area contributed by atoms with Crippen molar-refractivity contribution >= 4 is 33.7 Å². The number of ketones is 1. The van der Waals surface area contributed by atoms with Gasteiger partial charge in [-0.1, -0.05) is 80.6 Å². The highest BCUT2D eigenvalue weighted by molar-refractivity contribution is 6.12. The molecule has 4 aromatic carbocycles. The van der Waals surface area contributed by atoms with E-state index in [2.05, 4.69) is 54.8 Å². The smallest absolute Gasteiger partial charge is 0.258 e. The Hall–Kier alpha value is -4.58. The molecule has 0 unspecified atom stereocenters. The van der Waals surface area contributed by atoms with Crippen molar-refractivity contribution in [2.75, 3.05) is 19.0 Å². The Labute approximate surface area is 240 Å². The van der Waals surface area contributed by atoms with Crippen LogP contribution in [0, 0.1) is 5.41 Å². The minimum Gasteiger partial charge on any atom is -0.493 e. The highest BCUT2D eigenvalue weighted by atomic mass is 16.5. The van der Waals surface area contributed by atoms with Crippen molar-refractivity contribution in [2.45, 2.75) is 39.3 Å². The summed E-state index contributed by atoms with van der Waals surface area (Å²) in [5.74, 6) is 0.929. The van der Waals surface area contributed by atoms with Crippen LogP contribution < -0.4 is 20.1 Å². The fraction of sp³-hybridized carbons (Fsp3) is 0.257. The van der Waals surface area contributed by atoms with E-state index in [1.165, 1.54) is 0 Å². The molecule has 1 heterocycles. The second-order valence-corrected chi connectivity index (χ2v) is 11.6. The van der Waals surface area contributed by atoms with Crippen molar-refractivity contribution in [1.29, 1.82) is 0 Å². The summed E-state index contributed by atoms with van der Waals surface area (Å²) in [5, 5.41) is 8.86. The van der Waals surface area contributed by atoms with Gasteiger partial charge >= 0.3 is 0 Å². The summed E-state index contributed by atoms with van der Waals surface area (Å²) in [4.78, 5) is 26.2. The predicted octanol–water partition coefficient (Wildman–Crippen LogP) is 6.85. The van der Waals surface area contributed by atoms with Crippen LogP contribution in [0.15, 0.2) is 90.5 Å². The molecule has 1 aliphatic carbocycles. The van der Waals surface area contributed by atoms with E-state index in [9.17, 15) is 9.59 Å². The molecule has 41 heavy (non-hydrogen) atoms. The molecule has 208 valence electrons. The summed E-state index contributed by atoms with van der Waals surface area (Å²) in [6.45, 7) is 4.64. The van der Waals surface area contributed by atoms with Crippen molar-refractivity contribution in [3.05, 3.63) is 107 Å². The predicted molar refractivity (Wildman–Crippen MR) is 162 cm³/mol. The Kier molecular flexibility index (Phi) is 7.00. The van der Waals surface area contributed by atoms with Gasteiger partial charge in [-0.05, 0) is 57.5 Å². The Morgan fingerprint density at radius 3 is 2.54 bits per heavy atom. The molecule has 6 heteroatoms. The van der Waals surface area contributed by atoms with Gasteiger partial charge in [-0.25, -0.2) is 0 Å². The third kappa shape index (κ3) is 5.30. The SMILES string of the molecule is COc1cc([C@@H]2Nc3ccc4ccccc4c3C3=C2C(=O)CC(C)(C)C3)ccc1OCC(=O)NCc1ccccc1. The lowest BCUT2D eigenvalue weighted by atomic mass is 9.68. The van der Waals surface area contributed by atoms with Crippen LogP contribution >= 0.6 is 0 Å². The van der Waals surface area contributed by atoms with Crippen LogP contribution in [0.1, 0.15) is 49.4 Å². The number of carbonyl (C=O) groups is 2. The van der Waals surface area contributed by atoms with E-state index in [0.29, 0.717) is 24.5 Å². The number of nitrogens with one attached hydrogen (secondary N) is 2. The highest BCUT2D eigenvalue weighted by Gasteiger charge is 2.41. The Balaban J connectivity index is 1.29. The van der Waals surface area contributed by atoms with Crippen LogP contribution in [0.2, 0.25) is 0 Å². The lowest BCUT2D eigenvalue weighted by Crippen LogP contribution is -2.33. The molecular formula is C35H34N2O4. The number of hydrogen-bond donors (Lipinski definition) is 2. The minimum atomic E-state index is -0.320. The van der Waals surface area contributed by atoms with E-state index in [4.69, 9.17) is 9.47 Å². The zero-order chi connectivity index (χ0) is 28.6. The van der Waals surface area contributed by atoms with E-state index >= 15 is 0 Å². The molecule has 6 rings (SSSR count). The topological polar surface area (TPSA) is 76.7 Å². The van der Waals surface area contributed by atoms with Gasteiger partial charge in [-0.2, -0.15) is 0 Å². The maximum Gasteiger partial charge on any atom is 0.258 e. The molecule has 1 amide bonds. The van der Waals surface area contributed by atoms with Crippen molar-refractivity contribution in [1.82, 2.24) is 5.32 Å². The first-order valence-electron chi connectivity index (χ1n) is 14.0. The van der Waals surface area contributed by atoms with Gasteiger partial charge in [0.1, 0.15) is 0 Å². The largest absolute Gasteiger partial charge is 0.493 e. The first-order chi connectivity index (χ1) is 19.8. The number of allylic oxidation sites excluding steroid dienone is 1. The molecule has 0 fully saturated rings. The van der Waals surface area contributed by atoms with Gasteiger partial charge in [0.25, 0.3) is 5.91 Å². The number of benzene rings is 4. The average molecular weight is 547 g/mol. The number of fused-ring (bicyclic) bond motifs is 4. The second kappa shape index (κ2) is 10.8. The Bertz CT molecular complexity index is 1670. The maximum atomic E-state index is 13.7. The summed E-state index contributed by atoms with van der Waals surface area (Å²) in [5.41, 5.74) is 5.90. The van der Waals surface area contributed by atoms with Crippen molar-refractivity contribution in [2.24, 2.45) is 5.41 Å². The summed E-state index contributed by atoms with van der Waals surface area (Å²) >= 11 is 0. The number of methoxy groups -OCH3 is 1. The third-order valence-corrected chi connectivity index (χ3v) is 7.95. The Morgan fingerprint density at radius 1 is 0.951 bits per heavy atom. The van der Waals surface area contributed by atoms with E-state index in [1.807, 2.05) is 54.6 Å². The molecule has 0 bridgehead atoms. The molecular weight excluding hydrogens is 512 g/mol. The average Bonchev–Trinajstić information content (AvgIpc) is 2.98. The van der Waals surface area contributed by atoms with Gasteiger partial charge in [0, 0.05) is 29.8 Å². The molecule has 2 N–H and O–H groups in total. The van der Waals surface area contributed by atoms with Gasteiger partial charge in [0.05, 0.1) is 13.2 Å². The van der Waals surface area contributed by atoms with Crippen molar-refractivity contribution < 1.29 is 19.1 Å². The monoisotopic (exact) mass is 546 g/mol. The number of amides is 1. The number of hydrogen-bond acceptors (Lipinski definition) is 5. The van der Waals surface area contributed by atoms with Crippen LogP contribution in [0.4, 0.5) is 5.69 Å².